The minimum absolute atomic E-state index is 0. The summed E-state index contributed by atoms with van der Waals surface area (Å²) in [7, 11) is 0. The second kappa shape index (κ2) is 11.6. The van der Waals surface area contributed by atoms with Crippen LogP contribution in [0.15, 0.2) is 60.7 Å². The predicted molar refractivity (Wildman–Crippen MR) is 101 cm³/mol. The van der Waals surface area contributed by atoms with Gasteiger partial charge in [-0.3, -0.25) is 0 Å². The predicted octanol–water partition coefficient (Wildman–Crippen LogP) is 5.27. The van der Waals surface area contributed by atoms with Gasteiger partial charge in [0, 0.05) is 0 Å². The van der Waals surface area contributed by atoms with Gasteiger partial charge in [-0.15, -0.1) is 0 Å². The Kier molecular flexibility index (Phi) is 9.37. The molecule has 2 aliphatic carbocycles. The van der Waals surface area contributed by atoms with Crippen LogP contribution in [0.3, 0.4) is 0 Å². The average Bonchev–Trinajstić information content (AvgIpc) is 3.32. The van der Waals surface area contributed by atoms with Crippen molar-refractivity contribution in [2.45, 2.75) is 12.8 Å². The zero-order valence-electron chi connectivity index (χ0n) is 14.2. The molecule has 124 valence electrons. The van der Waals surface area contributed by atoms with E-state index in [1.165, 1.54) is 23.0 Å². The van der Waals surface area contributed by atoms with Gasteiger partial charge in [0.2, 0.25) is 0 Å². The van der Waals surface area contributed by atoms with Crippen LogP contribution in [0.25, 0.3) is 0 Å². The van der Waals surface area contributed by atoms with E-state index in [-0.39, 0.29) is 17.1 Å². The van der Waals surface area contributed by atoms with Crippen molar-refractivity contribution in [3.05, 3.63) is 135 Å². The van der Waals surface area contributed by atoms with Crippen molar-refractivity contribution in [3.8, 4) is 0 Å². The fraction of sp³-hybridized carbons (Fsp3) is 0.0833. The molecule has 0 aliphatic heterocycles. The number of benzene rings is 2. The molecule has 0 nitrogen and oxygen atoms in total. The Labute approximate surface area is 164 Å². The molecular formula is C24H22Fe+2. The summed E-state index contributed by atoms with van der Waals surface area (Å²) in [4.78, 5) is 0. The molecule has 0 heterocycles. The molecule has 0 bridgehead atoms. The van der Waals surface area contributed by atoms with Crippen molar-refractivity contribution >= 4 is 0 Å². The molecule has 2 aliphatic rings. The van der Waals surface area contributed by atoms with Gasteiger partial charge in [0.05, 0.1) is 0 Å². The molecule has 25 heavy (non-hydrogen) atoms. The third kappa shape index (κ3) is 7.38. The first-order chi connectivity index (χ1) is 11.9. The normalized spacial score (nSPS) is 17.6. The summed E-state index contributed by atoms with van der Waals surface area (Å²) in [5.41, 5.74) is 2.76. The molecular weight excluding hydrogens is 344 g/mol. The summed E-state index contributed by atoms with van der Waals surface area (Å²) in [6, 6.07) is 21.1. The van der Waals surface area contributed by atoms with Gasteiger partial charge >= 0.3 is 17.1 Å². The maximum absolute atomic E-state index is 2.16. The standard InChI is InChI=1S/2C12H11.Fe/c2*1-2-6-11(7-3-1)10-12-8-4-5-9-12;/h2*1-9H,10H2;/q;;+2. The zero-order valence-corrected chi connectivity index (χ0v) is 15.3. The first kappa shape index (κ1) is 20.3. The Balaban J connectivity index is 0.000000173. The Morgan fingerprint density at radius 1 is 0.440 bits per heavy atom. The maximum atomic E-state index is 2.16. The van der Waals surface area contributed by atoms with Gasteiger partial charge in [-0.1, -0.05) is 60.7 Å². The molecule has 4 rings (SSSR count). The fourth-order valence-electron chi connectivity index (χ4n) is 2.73. The molecule has 2 aromatic rings. The third-order valence-corrected chi connectivity index (χ3v) is 3.97. The van der Waals surface area contributed by atoms with Crippen molar-refractivity contribution in [1.82, 2.24) is 0 Å². The SMILES string of the molecule is [CH]1[CH][CH][C](Cc2ccccc2)[CH]1.[CH]1[CH][CH][C](Cc2ccccc2)[CH]1.[Fe+2]. The minimum Gasteiger partial charge on any atom is -0.0622 e. The largest absolute Gasteiger partial charge is 2.00 e. The first-order valence-corrected chi connectivity index (χ1v) is 8.39. The van der Waals surface area contributed by atoms with Crippen LogP contribution in [0.5, 0.6) is 0 Å². The van der Waals surface area contributed by atoms with Crippen LogP contribution in [0.1, 0.15) is 11.1 Å². The van der Waals surface area contributed by atoms with E-state index in [1.54, 1.807) is 0 Å². The van der Waals surface area contributed by atoms with Gasteiger partial charge in [0.25, 0.3) is 0 Å². The van der Waals surface area contributed by atoms with Crippen LogP contribution in [0, 0.1) is 63.2 Å². The van der Waals surface area contributed by atoms with Crippen molar-refractivity contribution in [1.29, 1.82) is 0 Å². The Morgan fingerprint density at radius 2 is 0.760 bits per heavy atom. The molecule has 0 spiro atoms. The molecule has 10 radical (unpaired) electrons. The molecule has 0 aromatic heterocycles. The van der Waals surface area contributed by atoms with Gasteiger partial charge in [-0.2, -0.15) is 0 Å². The quantitative estimate of drug-likeness (QED) is 0.647. The molecule has 0 atom stereocenters. The van der Waals surface area contributed by atoms with Crippen molar-refractivity contribution in [2.24, 2.45) is 0 Å². The second-order valence-corrected chi connectivity index (χ2v) is 5.91. The van der Waals surface area contributed by atoms with E-state index in [9.17, 15) is 0 Å². The van der Waals surface area contributed by atoms with E-state index < -0.39 is 0 Å². The Bertz CT molecular complexity index is 498. The minimum atomic E-state index is 0. The van der Waals surface area contributed by atoms with Crippen LogP contribution in [-0.2, 0) is 29.9 Å². The van der Waals surface area contributed by atoms with Crippen LogP contribution >= 0.6 is 0 Å². The van der Waals surface area contributed by atoms with Gasteiger partial charge in [0.1, 0.15) is 0 Å². The zero-order chi connectivity index (χ0) is 16.5. The molecule has 0 saturated heterocycles. The van der Waals surface area contributed by atoms with Gasteiger partial charge in [-0.05, 0) is 87.2 Å². The third-order valence-electron chi connectivity index (χ3n) is 3.97. The molecule has 0 unspecified atom stereocenters. The van der Waals surface area contributed by atoms with Crippen molar-refractivity contribution < 1.29 is 17.1 Å². The van der Waals surface area contributed by atoms with Crippen molar-refractivity contribution in [2.75, 3.05) is 0 Å². The first-order valence-electron chi connectivity index (χ1n) is 8.39. The van der Waals surface area contributed by atoms with E-state index >= 15 is 0 Å². The van der Waals surface area contributed by atoms with E-state index in [1.807, 2.05) is 0 Å². The van der Waals surface area contributed by atoms with E-state index in [2.05, 4.69) is 112 Å². The van der Waals surface area contributed by atoms with Crippen LogP contribution in [0.2, 0.25) is 0 Å². The average molecular weight is 366 g/mol. The summed E-state index contributed by atoms with van der Waals surface area (Å²) in [6.45, 7) is 0. The van der Waals surface area contributed by atoms with Crippen LogP contribution < -0.4 is 0 Å². The van der Waals surface area contributed by atoms with Gasteiger partial charge in [0.15, 0.2) is 0 Å². The maximum Gasteiger partial charge on any atom is 2.00 e. The van der Waals surface area contributed by atoms with Gasteiger partial charge in [-0.25, -0.2) is 0 Å². The molecule has 1 heteroatoms. The molecule has 2 fully saturated rings. The van der Waals surface area contributed by atoms with Crippen molar-refractivity contribution in [3.63, 3.8) is 0 Å². The smallest absolute Gasteiger partial charge is 0.0622 e. The molecule has 0 amide bonds. The van der Waals surface area contributed by atoms with E-state index in [4.69, 9.17) is 0 Å². The fourth-order valence-corrected chi connectivity index (χ4v) is 2.73. The second-order valence-electron chi connectivity index (χ2n) is 5.91. The molecule has 2 saturated carbocycles. The van der Waals surface area contributed by atoms with Gasteiger partial charge < -0.3 is 0 Å². The molecule has 0 N–H and O–H groups in total. The summed E-state index contributed by atoms with van der Waals surface area (Å²) in [6.07, 6.45) is 19.1. The number of hydrogen-bond donors (Lipinski definition) is 0. The van der Waals surface area contributed by atoms with Crippen LogP contribution in [-0.4, -0.2) is 0 Å². The summed E-state index contributed by atoms with van der Waals surface area (Å²) < 4.78 is 0. The summed E-state index contributed by atoms with van der Waals surface area (Å²) in [5.74, 6) is 2.78. The topological polar surface area (TPSA) is 0 Å². The van der Waals surface area contributed by atoms with E-state index in [0.717, 1.165) is 12.8 Å². The Morgan fingerprint density at radius 3 is 1.08 bits per heavy atom. The summed E-state index contributed by atoms with van der Waals surface area (Å²) >= 11 is 0. The number of hydrogen-bond acceptors (Lipinski definition) is 0. The number of rotatable bonds is 4. The molecule has 2 aromatic carbocycles. The monoisotopic (exact) mass is 366 g/mol. The Hall–Kier alpha value is -1.04. The summed E-state index contributed by atoms with van der Waals surface area (Å²) in [5, 5.41) is 0. The van der Waals surface area contributed by atoms with E-state index in [0.29, 0.717) is 0 Å². The van der Waals surface area contributed by atoms with Crippen LogP contribution in [0.4, 0.5) is 0 Å².